The van der Waals surface area contributed by atoms with Crippen molar-refractivity contribution in [2.24, 2.45) is 0 Å². The molecule has 0 unspecified atom stereocenters. The highest BCUT2D eigenvalue weighted by molar-refractivity contribution is 6.30. The Morgan fingerprint density at radius 1 is 1.32 bits per heavy atom. The molecule has 0 fully saturated rings. The maximum Gasteiger partial charge on any atom is 0.124 e. The van der Waals surface area contributed by atoms with E-state index in [1.165, 1.54) is 0 Å². The molecule has 1 rings (SSSR count). The average molecular weight is 285 g/mol. The Bertz CT molecular complexity index is 402. The van der Waals surface area contributed by atoms with Gasteiger partial charge in [-0.15, -0.1) is 0 Å². The molecule has 0 bridgehead atoms. The van der Waals surface area contributed by atoms with Crippen LogP contribution in [0.3, 0.4) is 0 Å². The standard InChI is InChI=1S/C15H25ClN2O/c1-15(2,3)17-8-9-18(4)11-12-6-7-13(16)10-14(12)19-5/h6-7,10,17H,8-9,11H2,1-5H3. The summed E-state index contributed by atoms with van der Waals surface area (Å²) in [7, 11) is 3.79. The zero-order valence-electron chi connectivity index (χ0n) is 12.6. The van der Waals surface area contributed by atoms with Crippen LogP contribution >= 0.6 is 11.6 Å². The summed E-state index contributed by atoms with van der Waals surface area (Å²) in [6.45, 7) is 9.34. The molecule has 1 N–H and O–H groups in total. The summed E-state index contributed by atoms with van der Waals surface area (Å²) in [5.74, 6) is 0.850. The maximum absolute atomic E-state index is 5.96. The molecule has 1 aromatic carbocycles. The second-order valence-electron chi connectivity index (χ2n) is 5.87. The quantitative estimate of drug-likeness (QED) is 0.868. The lowest BCUT2D eigenvalue weighted by atomic mass is 10.1. The molecule has 108 valence electrons. The van der Waals surface area contributed by atoms with Crippen LogP contribution in [0, 0.1) is 0 Å². The normalized spacial score (nSPS) is 11.9. The number of hydrogen-bond donors (Lipinski definition) is 1. The van der Waals surface area contributed by atoms with Gasteiger partial charge in [-0.1, -0.05) is 17.7 Å². The van der Waals surface area contributed by atoms with Crippen molar-refractivity contribution in [1.82, 2.24) is 10.2 Å². The van der Waals surface area contributed by atoms with Gasteiger partial charge in [-0.2, -0.15) is 0 Å². The van der Waals surface area contributed by atoms with E-state index in [2.05, 4.69) is 38.0 Å². The summed E-state index contributed by atoms with van der Waals surface area (Å²) < 4.78 is 5.36. The maximum atomic E-state index is 5.96. The summed E-state index contributed by atoms with van der Waals surface area (Å²) in [4.78, 5) is 2.27. The molecule has 3 nitrogen and oxygen atoms in total. The number of halogens is 1. The second-order valence-corrected chi connectivity index (χ2v) is 6.31. The van der Waals surface area contributed by atoms with Gasteiger partial charge in [0.15, 0.2) is 0 Å². The molecule has 0 saturated carbocycles. The number of rotatable bonds is 6. The Labute approximate surface area is 121 Å². The van der Waals surface area contributed by atoms with Crippen LogP contribution in [0.1, 0.15) is 26.3 Å². The molecule has 0 heterocycles. The van der Waals surface area contributed by atoms with E-state index in [0.717, 1.165) is 30.9 Å². The Balaban J connectivity index is 2.50. The smallest absolute Gasteiger partial charge is 0.124 e. The molecular formula is C15H25ClN2O. The van der Waals surface area contributed by atoms with Gasteiger partial charge in [0.1, 0.15) is 5.75 Å². The van der Waals surface area contributed by atoms with E-state index in [1.54, 1.807) is 7.11 Å². The van der Waals surface area contributed by atoms with Gasteiger partial charge in [-0.25, -0.2) is 0 Å². The van der Waals surface area contributed by atoms with Crippen LogP contribution in [0.4, 0.5) is 0 Å². The molecule has 0 atom stereocenters. The third-order valence-corrected chi connectivity index (χ3v) is 3.07. The third kappa shape index (κ3) is 6.28. The molecule has 0 spiro atoms. The van der Waals surface area contributed by atoms with E-state index < -0.39 is 0 Å². The first-order valence-corrected chi connectivity index (χ1v) is 6.95. The van der Waals surface area contributed by atoms with Crippen molar-refractivity contribution in [3.05, 3.63) is 28.8 Å². The zero-order valence-corrected chi connectivity index (χ0v) is 13.3. The number of likely N-dealkylation sites (N-methyl/N-ethyl adjacent to an activating group) is 1. The van der Waals surface area contributed by atoms with Crippen LogP contribution < -0.4 is 10.1 Å². The minimum absolute atomic E-state index is 0.165. The van der Waals surface area contributed by atoms with Gasteiger partial charge >= 0.3 is 0 Å². The number of hydrogen-bond acceptors (Lipinski definition) is 3. The van der Waals surface area contributed by atoms with Gasteiger partial charge in [0, 0.05) is 35.8 Å². The molecule has 4 heteroatoms. The van der Waals surface area contributed by atoms with Crippen molar-refractivity contribution in [2.45, 2.75) is 32.9 Å². The largest absolute Gasteiger partial charge is 0.496 e. The minimum Gasteiger partial charge on any atom is -0.496 e. The summed E-state index contributed by atoms with van der Waals surface area (Å²) in [6, 6.07) is 5.79. The molecule has 0 aliphatic carbocycles. The molecule has 0 aliphatic heterocycles. The van der Waals surface area contributed by atoms with Gasteiger partial charge in [-0.05, 0) is 40.0 Å². The van der Waals surface area contributed by atoms with Gasteiger partial charge in [0.05, 0.1) is 7.11 Å². The Morgan fingerprint density at radius 2 is 2.00 bits per heavy atom. The number of ether oxygens (including phenoxy) is 1. The van der Waals surface area contributed by atoms with Crippen molar-refractivity contribution < 1.29 is 4.74 Å². The fourth-order valence-electron chi connectivity index (χ4n) is 1.84. The van der Waals surface area contributed by atoms with Crippen LogP contribution in [-0.2, 0) is 6.54 Å². The molecular weight excluding hydrogens is 260 g/mol. The summed E-state index contributed by atoms with van der Waals surface area (Å²) in [6.07, 6.45) is 0. The highest BCUT2D eigenvalue weighted by atomic mass is 35.5. The number of methoxy groups -OCH3 is 1. The average Bonchev–Trinajstić information content (AvgIpc) is 2.29. The molecule has 0 amide bonds. The molecule has 0 radical (unpaired) electrons. The van der Waals surface area contributed by atoms with Gasteiger partial charge < -0.3 is 15.0 Å². The van der Waals surface area contributed by atoms with Crippen LogP contribution in [0.2, 0.25) is 5.02 Å². The lowest BCUT2D eigenvalue weighted by Crippen LogP contribution is -2.40. The predicted molar refractivity (Wildman–Crippen MR) is 82.1 cm³/mol. The third-order valence-electron chi connectivity index (χ3n) is 2.84. The Kier molecular flexibility index (Phi) is 6.11. The molecule has 0 aliphatic rings. The lowest BCUT2D eigenvalue weighted by Gasteiger charge is -2.24. The SMILES string of the molecule is COc1cc(Cl)ccc1CN(C)CCNC(C)(C)C. The molecule has 19 heavy (non-hydrogen) atoms. The van der Waals surface area contributed by atoms with Crippen molar-refractivity contribution in [2.75, 3.05) is 27.2 Å². The molecule has 0 aromatic heterocycles. The Morgan fingerprint density at radius 3 is 2.58 bits per heavy atom. The van der Waals surface area contributed by atoms with Gasteiger partial charge in [0.25, 0.3) is 0 Å². The van der Waals surface area contributed by atoms with Crippen molar-refractivity contribution in [3.8, 4) is 5.75 Å². The monoisotopic (exact) mass is 284 g/mol. The van der Waals surface area contributed by atoms with Crippen molar-refractivity contribution >= 4 is 11.6 Å². The fourth-order valence-corrected chi connectivity index (χ4v) is 2.00. The van der Waals surface area contributed by atoms with Crippen molar-refractivity contribution in [1.29, 1.82) is 0 Å². The van der Waals surface area contributed by atoms with Crippen LogP contribution in [-0.4, -0.2) is 37.7 Å². The van der Waals surface area contributed by atoms with E-state index in [0.29, 0.717) is 5.02 Å². The van der Waals surface area contributed by atoms with E-state index in [1.807, 2.05) is 18.2 Å². The van der Waals surface area contributed by atoms with Crippen molar-refractivity contribution in [3.63, 3.8) is 0 Å². The van der Waals surface area contributed by atoms with Crippen LogP contribution in [0.5, 0.6) is 5.75 Å². The van der Waals surface area contributed by atoms with Gasteiger partial charge in [0.2, 0.25) is 0 Å². The Hall–Kier alpha value is -0.770. The number of nitrogens with zero attached hydrogens (tertiary/aromatic N) is 1. The molecule has 1 aromatic rings. The van der Waals surface area contributed by atoms with Crippen LogP contribution in [0.15, 0.2) is 18.2 Å². The lowest BCUT2D eigenvalue weighted by molar-refractivity contribution is 0.297. The summed E-state index contributed by atoms with van der Waals surface area (Å²) >= 11 is 5.96. The topological polar surface area (TPSA) is 24.5 Å². The summed E-state index contributed by atoms with van der Waals surface area (Å²) in [5.41, 5.74) is 1.32. The van der Waals surface area contributed by atoms with Gasteiger partial charge in [-0.3, -0.25) is 0 Å². The highest BCUT2D eigenvalue weighted by Crippen LogP contribution is 2.23. The van der Waals surface area contributed by atoms with E-state index in [9.17, 15) is 0 Å². The fraction of sp³-hybridized carbons (Fsp3) is 0.600. The zero-order chi connectivity index (χ0) is 14.5. The van der Waals surface area contributed by atoms with E-state index in [-0.39, 0.29) is 5.54 Å². The first-order chi connectivity index (χ1) is 8.81. The predicted octanol–water partition coefficient (Wildman–Crippen LogP) is 3.17. The van der Waals surface area contributed by atoms with E-state index >= 15 is 0 Å². The number of nitrogens with one attached hydrogen (secondary N) is 1. The molecule has 0 saturated heterocycles. The highest BCUT2D eigenvalue weighted by Gasteiger charge is 2.10. The first kappa shape index (κ1) is 16.3. The first-order valence-electron chi connectivity index (χ1n) is 6.58. The second kappa shape index (κ2) is 7.13. The van der Waals surface area contributed by atoms with Crippen LogP contribution in [0.25, 0.3) is 0 Å². The summed E-state index contributed by atoms with van der Waals surface area (Å²) in [5, 5.41) is 4.19. The minimum atomic E-state index is 0.165. The number of benzene rings is 1. The van der Waals surface area contributed by atoms with E-state index in [4.69, 9.17) is 16.3 Å².